The van der Waals surface area contributed by atoms with Gasteiger partial charge in [-0.05, 0) is 43.3 Å². The molecule has 0 atom stereocenters. The molecule has 6 heteroatoms. The standard InChI is InChI=1S/C19H18FN3O2/c1-2-23(15-9-7-14(20)8-10-15)18(24)11-12-22-13-21-17-6-4-3-5-16(17)19(22)25/h3-10,13H,2,11-12H2,1H3. The molecule has 3 aromatic rings. The van der Waals surface area contributed by atoms with Crippen molar-refractivity contribution in [1.29, 1.82) is 0 Å². The van der Waals surface area contributed by atoms with Crippen molar-refractivity contribution in [2.24, 2.45) is 0 Å². The minimum atomic E-state index is -0.346. The van der Waals surface area contributed by atoms with Crippen LogP contribution in [0.3, 0.4) is 0 Å². The molecule has 25 heavy (non-hydrogen) atoms. The second kappa shape index (κ2) is 7.25. The second-order valence-electron chi connectivity index (χ2n) is 5.62. The van der Waals surface area contributed by atoms with E-state index in [2.05, 4.69) is 4.98 Å². The molecule has 1 heterocycles. The van der Waals surface area contributed by atoms with Gasteiger partial charge in [0.2, 0.25) is 5.91 Å². The number of halogens is 1. The van der Waals surface area contributed by atoms with Crippen LogP contribution in [0.2, 0.25) is 0 Å². The summed E-state index contributed by atoms with van der Waals surface area (Å²) in [6.07, 6.45) is 1.62. The second-order valence-corrected chi connectivity index (χ2v) is 5.62. The van der Waals surface area contributed by atoms with Gasteiger partial charge in [0, 0.05) is 25.2 Å². The van der Waals surface area contributed by atoms with Crippen LogP contribution in [-0.4, -0.2) is 22.0 Å². The zero-order chi connectivity index (χ0) is 17.8. The Kier molecular flexibility index (Phi) is 4.88. The van der Waals surface area contributed by atoms with Gasteiger partial charge in [0.25, 0.3) is 5.56 Å². The number of carbonyl (C=O) groups excluding carboxylic acids is 1. The molecule has 3 rings (SSSR count). The van der Waals surface area contributed by atoms with Crippen molar-refractivity contribution in [3.05, 3.63) is 71.0 Å². The van der Waals surface area contributed by atoms with Crippen LogP contribution in [0.1, 0.15) is 13.3 Å². The summed E-state index contributed by atoms with van der Waals surface area (Å²) < 4.78 is 14.5. The first-order chi connectivity index (χ1) is 12.1. The maximum atomic E-state index is 13.0. The van der Waals surface area contributed by atoms with Crippen LogP contribution in [0.15, 0.2) is 59.7 Å². The number of fused-ring (bicyclic) bond motifs is 1. The van der Waals surface area contributed by atoms with E-state index < -0.39 is 0 Å². The molecule has 0 spiro atoms. The molecule has 0 aliphatic heterocycles. The van der Waals surface area contributed by atoms with Gasteiger partial charge in [0.15, 0.2) is 0 Å². The van der Waals surface area contributed by atoms with Crippen molar-refractivity contribution >= 4 is 22.5 Å². The van der Waals surface area contributed by atoms with E-state index in [9.17, 15) is 14.0 Å². The average Bonchev–Trinajstić information content (AvgIpc) is 2.63. The quantitative estimate of drug-likeness (QED) is 0.718. The predicted octanol–water partition coefficient (Wildman–Crippen LogP) is 2.98. The van der Waals surface area contributed by atoms with E-state index in [0.29, 0.717) is 23.1 Å². The molecule has 0 aliphatic carbocycles. The zero-order valence-electron chi connectivity index (χ0n) is 13.9. The normalized spacial score (nSPS) is 10.8. The molecular weight excluding hydrogens is 321 g/mol. The smallest absolute Gasteiger partial charge is 0.261 e. The number of benzene rings is 2. The molecular formula is C19H18FN3O2. The highest BCUT2D eigenvalue weighted by Gasteiger charge is 2.14. The first-order valence-electron chi connectivity index (χ1n) is 8.10. The first kappa shape index (κ1) is 16.8. The monoisotopic (exact) mass is 339 g/mol. The van der Waals surface area contributed by atoms with Gasteiger partial charge in [0.05, 0.1) is 17.2 Å². The Labute approximate surface area is 144 Å². The SMILES string of the molecule is CCN(C(=O)CCn1cnc2ccccc2c1=O)c1ccc(F)cc1. The van der Waals surface area contributed by atoms with Crippen molar-refractivity contribution in [3.8, 4) is 0 Å². The highest BCUT2D eigenvalue weighted by atomic mass is 19.1. The van der Waals surface area contributed by atoms with Gasteiger partial charge in [-0.15, -0.1) is 0 Å². The van der Waals surface area contributed by atoms with Gasteiger partial charge in [0.1, 0.15) is 5.82 Å². The number of rotatable bonds is 5. The molecule has 0 saturated carbocycles. The van der Waals surface area contributed by atoms with E-state index >= 15 is 0 Å². The third kappa shape index (κ3) is 3.57. The molecule has 0 bridgehead atoms. The summed E-state index contributed by atoms with van der Waals surface area (Å²) in [6, 6.07) is 12.9. The van der Waals surface area contributed by atoms with Crippen LogP contribution in [-0.2, 0) is 11.3 Å². The van der Waals surface area contributed by atoms with Gasteiger partial charge >= 0.3 is 0 Å². The molecule has 1 aromatic heterocycles. The molecule has 0 fully saturated rings. The molecule has 0 aliphatic rings. The van der Waals surface area contributed by atoms with Crippen LogP contribution in [0, 0.1) is 5.82 Å². The minimum absolute atomic E-state index is 0.130. The van der Waals surface area contributed by atoms with E-state index in [1.54, 1.807) is 35.2 Å². The maximum Gasteiger partial charge on any atom is 0.261 e. The Hall–Kier alpha value is -3.02. The number of nitrogens with zero attached hydrogens (tertiary/aromatic N) is 3. The van der Waals surface area contributed by atoms with Gasteiger partial charge in [-0.3, -0.25) is 14.2 Å². The Balaban J connectivity index is 1.76. The van der Waals surface area contributed by atoms with Crippen LogP contribution < -0.4 is 10.5 Å². The van der Waals surface area contributed by atoms with Crippen LogP contribution in [0.4, 0.5) is 10.1 Å². The summed E-state index contributed by atoms with van der Waals surface area (Å²) in [7, 11) is 0. The number of amides is 1. The summed E-state index contributed by atoms with van der Waals surface area (Å²) in [5.41, 5.74) is 1.11. The highest BCUT2D eigenvalue weighted by molar-refractivity contribution is 5.93. The molecule has 5 nitrogen and oxygen atoms in total. The van der Waals surface area contributed by atoms with Crippen molar-refractivity contribution in [3.63, 3.8) is 0 Å². The Bertz CT molecular complexity index is 951. The van der Waals surface area contributed by atoms with Gasteiger partial charge < -0.3 is 4.90 Å². The fourth-order valence-corrected chi connectivity index (χ4v) is 2.74. The third-order valence-corrected chi connectivity index (χ3v) is 4.05. The van der Waals surface area contributed by atoms with Crippen molar-refractivity contribution < 1.29 is 9.18 Å². The number of hydrogen-bond acceptors (Lipinski definition) is 3. The topological polar surface area (TPSA) is 55.2 Å². The van der Waals surface area contributed by atoms with E-state index in [1.807, 2.05) is 13.0 Å². The lowest BCUT2D eigenvalue weighted by atomic mass is 10.2. The number of anilines is 1. The van der Waals surface area contributed by atoms with E-state index in [4.69, 9.17) is 0 Å². The van der Waals surface area contributed by atoms with Gasteiger partial charge in [-0.2, -0.15) is 0 Å². The van der Waals surface area contributed by atoms with Crippen LogP contribution >= 0.6 is 0 Å². The van der Waals surface area contributed by atoms with E-state index in [-0.39, 0.29) is 30.2 Å². The molecule has 0 saturated heterocycles. The Morgan fingerprint density at radius 2 is 1.88 bits per heavy atom. The Morgan fingerprint density at radius 1 is 1.16 bits per heavy atom. The van der Waals surface area contributed by atoms with Crippen molar-refractivity contribution in [2.75, 3.05) is 11.4 Å². The lowest BCUT2D eigenvalue weighted by molar-refractivity contribution is -0.118. The van der Waals surface area contributed by atoms with E-state index in [0.717, 1.165) is 0 Å². The fourth-order valence-electron chi connectivity index (χ4n) is 2.74. The third-order valence-electron chi connectivity index (χ3n) is 4.05. The summed E-state index contributed by atoms with van der Waals surface area (Å²) in [5, 5.41) is 0.531. The lowest BCUT2D eigenvalue weighted by Crippen LogP contribution is -2.32. The number of para-hydroxylation sites is 1. The highest BCUT2D eigenvalue weighted by Crippen LogP contribution is 2.16. The first-order valence-corrected chi connectivity index (χ1v) is 8.10. The molecule has 128 valence electrons. The molecule has 0 N–H and O–H groups in total. The van der Waals surface area contributed by atoms with Crippen LogP contribution in [0.5, 0.6) is 0 Å². The molecule has 0 unspecified atom stereocenters. The van der Waals surface area contributed by atoms with Crippen LogP contribution in [0.25, 0.3) is 10.9 Å². The largest absolute Gasteiger partial charge is 0.313 e. The van der Waals surface area contributed by atoms with Crippen molar-refractivity contribution in [2.45, 2.75) is 19.9 Å². The van der Waals surface area contributed by atoms with E-state index in [1.165, 1.54) is 23.0 Å². The maximum absolute atomic E-state index is 13.0. The number of hydrogen-bond donors (Lipinski definition) is 0. The summed E-state index contributed by atoms with van der Waals surface area (Å²) >= 11 is 0. The lowest BCUT2D eigenvalue weighted by Gasteiger charge is -2.21. The van der Waals surface area contributed by atoms with Gasteiger partial charge in [-0.25, -0.2) is 9.37 Å². The number of aromatic nitrogens is 2. The number of carbonyl (C=O) groups is 1. The Morgan fingerprint density at radius 3 is 2.60 bits per heavy atom. The average molecular weight is 339 g/mol. The minimum Gasteiger partial charge on any atom is -0.313 e. The number of aryl methyl sites for hydroxylation is 1. The van der Waals surface area contributed by atoms with Crippen molar-refractivity contribution in [1.82, 2.24) is 9.55 Å². The summed E-state index contributed by atoms with van der Waals surface area (Å²) in [6.45, 7) is 2.56. The molecule has 0 radical (unpaired) electrons. The van der Waals surface area contributed by atoms with Gasteiger partial charge in [-0.1, -0.05) is 12.1 Å². The molecule has 1 amide bonds. The fraction of sp³-hybridized carbons (Fsp3) is 0.211. The molecule has 2 aromatic carbocycles. The predicted molar refractivity (Wildman–Crippen MR) is 95.0 cm³/mol. The summed E-state index contributed by atoms with van der Waals surface area (Å²) in [4.78, 5) is 30.8. The zero-order valence-corrected chi connectivity index (χ0v) is 13.9. The summed E-state index contributed by atoms with van der Waals surface area (Å²) in [5.74, 6) is -0.477.